The van der Waals surface area contributed by atoms with Crippen LogP contribution in [0.2, 0.25) is 0 Å². The van der Waals surface area contributed by atoms with Gasteiger partial charge in [0, 0.05) is 29.7 Å². The second-order valence-electron chi connectivity index (χ2n) is 14.7. The number of rotatable bonds is 12. The van der Waals surface area contributed by atoms with Gasteiger partial charge in [0.05, 0.1) is 5.71 Å². The van der Waals surface area contributed by atoms with Crippen molar-refractivity contribution in [3.8, 4) is 0 Å². The Bertz CT molecular complexity index is 1610. The summed E-state index contributed by atoms with van der Waals surface area (Å²) in [5.41, 5.74) is 2.22. The van der Waals surface area contributed by atoms with E-state index in [-0.39, 0.29) is 35.1 Å². The highest BCUT2D eigenvalue weighted by Gasteiger charge is 2.34. The third-order valence-electron chi connectivity index (χ3n) is 10.6. The topological polar surface area (TPSA) is 89.6 Å². The molecule has 0 saturated heterocycles. The Labute approximate surface area is 277 Å². The highest BCUT2D eigenvalue weighted by molar-refractivity contribution is 6.17. The Hall–Kier alpha value is -3.74. The maximum atomic E-state index is 14.9. The molecule has 0 radical (unpaired) electrons. The van der Waals surface area contributed by atoms with E-state index in [0.29, 0.717) is 47.3 Å². The van der Waals surface area contributed by atoms with Crippen molar-refractivity contribution in [2.75, 3.05) is 0 Å². The summed E-state index contributed by atoms with van der Waals surface area (Å²) in [7, 11) is 0. The zero-order valence-electron chi connectivity index (χ0n) is 27.8. The van der Waals surface area contributed by atoms with Crippen molar-refractivity contribution in [2.45, 2.75) is 109 Å². The molecule has 4 aliphatic rings. The molecule has 1 amide bonds. The molecule has 4 aliphatic carbocycles. The van der Waals surface area contributed by atoms with Crippen molar-refractivity contribution < 1.29 is 23.2 Å². The van der Waals surface area contributed by atoms with Crippen LogP contribution >= 0.6 is 0 Å². The molecule has 0 N–H and O–H groups in total. The normalized spacial score (nSPS) is 25.6. The molecule has 3 saturated carbocycles. The molecule has 47 heavy (non-hydrogen) atoms. The lowest BCUT2D eigenvalue weighted by molar-refractivity contribution is -0.120. The Kier molecular flexibility index (Phi) is 10.00. The fourth-order valence-electron chi connectivity index (χ4n) is 7.75. The molecule has 7 heteroatoms. The van der Waals surface area contributed by atoms with E-state index in [1.165, 1.54) is 6.26 Å². The van der Waals surface area contributed by atoms with E-state index in [1.54, 1.807) is 19.9 Å². The van der Waals surface area contributed by atoms with E-state index < -0.39 is 11.6 Å². The molecule has 2 unspecified atom stereocenters. The number of nitrogens with zero attached hydrogens (tertiary/aromatic N) is 2. The number of hydrogen-bond donors (Lipinski definition) is 0. The number of carbonyl (C=O) groups excluding carboxylic acids is 3. The van der Waals surface area contributed by atoms with E-state index in [2.05, 4.69) is 16.6 Å². The van der Waals surface area contributed by atoms with Gasteiger partial charge in [-0.1, -0.05) is 43.0 Å². The van der Waals surface area contributed by atoms with E-state index in [9.17, 15) is 18.8 Å². The predicted octanol–water partition coefficient (Wildman–Crippen LogP) is 9.16. The van der Waals surface area contributed by atoms with Gasteiger partial charge in [0.25, 0.3) is 5.91 Å². The van der Waals surface area contributed by atoms with Gasteiger partial charge in [-0.25, -0.2) is 14.4 Å². The highest BCUT2D eigenvalue weighted by atomic mass is 19.1. The molecule has 3 fully saturated rings. The lowest BCUT2D eigenvalue weighted by Crippen LogP contribution is -2.29. The molecule has 0 bridgehead atoms. The minimum Gasteiger partial charge on any atom is -0.448 e. The molecule has 0 spiro atoms. The number of aromatic nitrogens is 1. The van der Waals surface area contributed by atoms with Crippen molar-refractivity contribution in [2.24, 2.45) is 28.7 Å². The number of allylic oxidation sites excluding steroid dienone is 5. The fourth-order valence-corrected chi connectivity index (χ4v) is 7.75. The Morgan fingerprint density at radius 3 is 2.55 bits per heavy atom. The number of aliphatic imine (C=N–C) groups is 1. The Balaban J connectivity index is 1.15. The van der Waals surface area contributed by atoms with Gasteiger partial charge in [-0.05, 0) is 126 Å². The molecule has 0 aliphatic heterocycles. The largest absolute Gasteiger partial charge is 0.448 e. The van der Waals surface area contributed by atoms with Gasteiger partial charge in [0.2, 0.25) is 0 Å². The van der Waals surface area contributed by atoms with Crippen LogP contribution < -0.4 is 0 Å². The fraction of sp³-hybridized carbons (Fsp3) is 0.525. The van der Waals surface area contributed by atoms with Crippen LogP contribution in [-0.4, -0.2) is 28.2 Å². The monoisotopic (exact) mass is 638 g/mol. The number of hydrogen-bond acceptors (Lipinski definition) is 5. The summed E-state index contributed by atoms with van der Waals surface area (Å²) < 4.78 is 20.5. The highest BCUT2D eigenvalue weighted by Crippen LogP contribution is 2.41. The molecule has 6 rings (SSSR count). The molecular formula is C40H47FN2O4. The number of oxazole rings is 1. The van der Waals surface area contributed by atoms with Crippen LogP contribution in [0.4, 0.5) is 4.39 Å². The third kappa shape index (κ3) is 8.05. The van der Waals surface area contributed by atoms with E-state index in [1.807, 2.05) is 36.4 Å². The zero-order chi connectivity index (χ0) is 33.1. The molecule has 2 aromatic rings. The second kappa shape index (κ2) is 14.2. The van der Waals surface area contributed by atoms with Crippen LogP contribution in [0.1, 0.15) is 124 Å². The summed E-state index contributed by atoms with van der Waals surface area (Å²) in [5.74, 6) is 1.35. The van der Waals surface area contributed by atoms with Crippen LogP contribution in [0.5, 0.6) is 0 Å². The summed E-state index contributed by atoms with van der Waals surface area (Å²) in [4.78, 5) is 47.8. The number of halogens is 1. The number of amides is 1. The number of ketones is 2. The maximum absolute atomic E-state index is 14.9. The minimum absolute atomic E-state index is 0.107. The van der Waals surface area contributed by atoms with E-state index >= 15 is 0 Å². The standard InChI is InChI=1S/C40H47FN2O4/c1-25(8-6-10-28-11-7-13-36(28)44)37(45)31-20-21-32(34(23-31)42-38(46)35-24-47-39(43-35)29-18-19-29)27-16-14-26(15-17-27)22-30-9-4-5-12-33(30)40(2,3)41/h4-5,9,12,20-21,23-24,26-29,32H,1,6-8,10-11,13-19,22H2,2-3H3. The summed E-state index contributed by atoms with van der Waals surface area (Å²) in [6.45, 7) is 7.32. The average molecular weight is 639 g/mol. The molecule has 2 atom stereocenters. The van der Waals surface area contributed by atoms with Crippen LogP contribution in [-0.2, 0) is 21.7 Å². The van der Waals surface area contributed by atoms with Crippen molar-refractivity contribution >= 4 is 23.2 Å². The van der Waals surface area contributed by atoms with Gasteiger partial charge in [-0.2, -0.15) is 0 Å². The molecule has 6 nitrogen and oxygen atoms in total. The van der Waals surface area contributed by atoms with Gasteiger partial charge in [-0.15, -0.1) is 0 Å². The van der Waals surface area contributed by atoms with Crippen LogP contribution in [0, 0.1) is 23.7 Å². The lowest BCUT2D eigenvalue weighted by atomic mass is 9.71. The summed E-state index contributed by atoms with van der Waals surface area (Å²) >= 11 is 0. The van der Waals surface area contributed by atoms with E-state index in [0.717, 1.165) is 81.8 Å². The van der Waals surface area contributed by atoms with Crippen molar-refractivity contribution in [1.29, 1.82) is 0 Å². The minimum atomic E-state index is -1.39. The molecular weight excluding hydrogens is 591 g/mol. The first-order valence-electron chi connectivity index (χ1n) is 17.6. The molecule has 1 aromatic carbocycles. The smallest absolute Gasteiger partial charge is 0.299 e. The van der Waals surface area contributed by atoms with Crippen LogP contribution in [0.3, 0.4) is 0 Å². The second-order valence-corrected chi connectivity index (χ2v) is 14.7. The summed E-state index contributed by atoms with van der Waals surface area (Å²) in [6, 6.07) is 7.84. The molecule has 1 heterocycles. The quantitative estimate of drug-likeness (QED) is 0.216. The summed E-state index contributed by atoms with van der Waals surface area (Å²) in [6.07, 6.45) is 18.5. The SMILES string of the molecule is C=C(CCCC1CCCC1=O)C(=O)C1=CC(=NC(=O)c2coc(C3CC3)n2)C(C2CCC(Cc3ccccc3C(C)(C)F)CC2)C=C1. The van der Waals surface area contributed by atoms with Gasteiger partial charge in [-0.3, -0.25) is 14.4 Å². The van der Waals surface area contributed by atoms with Gasteiger partial charge in [0.15, 0.2) is 17.4 Å². The van der Waals surface area contributed by atoms with Crippen molar-refractivity contribution in [1.82, 2.24) is 4.98 Å². The average Bonchev–Trinajstić information content (AvgIpc) is 3.64. The lowest BCUT2D eigenvalue weighted by Gasteiger charge is -2.34. The first kappa shape index (κ1) is 33.2. The first-order valence-corrected chi connectivity index (χ1v) is 17.6. The Morgan fingerprint density at radius 1 is 1.09 bits per heavy atom. The predicted molar refractivity (Wildman–Crippen MR) is 181 cm³/mol. The van der Waals surface area contributed by atoms with Crippen LogP contribution in [0.15, 0.2) is 75.9 Å². The van der Waals surface area contributed by atoms with Gasteiger partial charge < -0.3 is 4.42 Å². The number of carbonyl (C=O) groups is 3. The molecule has 1 aromatic heterocycles. The zero-order valence-corrected chi connectivity index (χ0v) is 27.8. The number of alkyl halides is 1. The Morgan fingerprint density at radius 2 is 1.85 bits per heavy atom. The molecule has 248 valence electrons. The van der Waals surface area contributed by atoms with Gasteiger partial charge >= 0.3 is 0 Å². The van der Waals surface area contributed by atoms with Crippen molar-refractivity contribution in [3.05, 3.63) is 89.2 Å². The number of Topliss-reactive ketones (excluding diaryl/α,β-unsaturated/α-hetero) is 2. The maximum Gasteiger partial charge on any atom is 0.299 e. The number of benzene rings is 1. The third-order valence-corrected chi connectivity index (χ3v) is 10.6. The van der Waals surface area contributed by atoms with Crippen LogP contribution in [0.25, 0.3) is 0 Å². The van der Waals surface area contributed by atoms with Gasteiger partial charge in [0.1, 0.15) is 17.7 Å². The first-order chi connectivity index (χ1) is 22.6. The van der Waals surface area contributed by atoms with Crippen molar-refractivity contribution in [3.63, 3.8) is 0 Å². The summed E-state index contributed by atoms with van der Waals surface area (Å²) in [5, 5.41) is 0. The van der Waals surface area contributed by atoms with E-state index in [4.69, 9.17) is 4.42 Å².